The first-order chi connectivity index (χ1) is 18.1. The fourth-order valence-electron chi connectivity index (χ4n) is 4.61. The summed E-state index contributed by atoms with van der Waals surface area (Å²) < 4.78 is 94.8. The lowest BCUT2D eigenvalue weighted by molar-refractivity contribution is -0.424. The molecule has 0 amide bonds. The van der Waals surface area contributed by atoms with E-state index in [2.05, 4.69) is 0 Å². The van der Waals surface area contributed by atoms with Gasteiger partial charge in [0.05, 0.1) is 13.2 Å². The summed E-state index contributed by atoms with van der Waals surface area (Å²) in [6.45, 7) is 2.39. The number of hydrogen-bond acceptors (Lipinski definition) is 4. The van der Waals surface area contributed by atoms with E-state index in [0.29, 0.717) is 11.1 Å². The summed E-state index contributed by atoms with van der Waals surface area (Å²) in [6.07, 6.45) is -6.64. The Hall–Kier alpha value is -3.08. The zero-order valence-electron chi connectivity index (χ0n) is 21.6. The van der Waals surface area contributed by atoms with Crippen molar-refractivity contribution in [1.29, 1.82) is 0 Å². The summed E-state index contributed by atoms with van der Waals surface area (Å²) in [7, 11) is 0. The summed E-state index contributed by atoms with van der Waals surface area (Å²) in [5, 5.41) is 29.2. The third-order valence-corrected chi connectivity index (χ3v) is 7.24. The quantitative estimate of drug-likeness (QED) is 0.238. The highest BCUT2D eigenvalue weighted by Gasteiger charge is 2.82. The number of alkyl halides is 6. The molecule has 3 N–H and O–H groups in total. The number of rotatable bonds is 10. The minimum atomic E-state index is -6.40. The van der Waals surface area contributed by atoms with Crippen LogP contribution in [0.3, 0.4) is 0 Å². The van der Waals surface area contributed by atoms with Gasteiger partial charge in [-0.2, -0.15) is 26.3 Å². The molecule has 0 bridgehead atoms. The summed E-state index contributed by atoms with van der Waals surface area (Å²) in [5.74, 6) is -12.0. The van der Waals surface area contributed by atoms with E-state index in [9.17, 15) is 28.5 Å². The number of hydrogen-bond donors (Lipinski definition) is 3. The monoisotopic (exact) mass is 556 g/mol. The molecule has 3 aromatic rings. The summed E-state index contributed by atoms with van der Waals surface area (Å²) in [6, 6.07) is 17.3. The van der Waals surface area contributed by atoms with E-state index in [-0.39, 0.29) is 23.3 Å². The van der Waals surface area contributed by atoms with Crippen molar-refractivity contribution in [2.45, 2.75) is 64.0 Å². The maximum absolute atomic E-state index is 16.3. The van der Waals surface area contributed by atoms with Gasteiger partial charge in [-0.3, -0.25) is 0 Å². The van der Waals surface area contributed by atoms with Gasteiger partial charge >= 0.3 is 18.0 Å². The van der Waals surface area contributed by atoms with Crippen LogP contribution >= 0.6 is 0 Å². The first kappa shape index (κ1) is 30.5. The molecule has 0 saturated carbocycles. The topological polar surface area (TPSA) is 69.9 Å². The Morgan fingerprint density at radius 3 is 1.85 bits per heavy atom. The van der Waals surface area contributed by atoms with Crippen LogP contribution in [0.25, 0.3) is 11.1 Å². The van der Waals surface area contributed by atoms with Crippen LogP contribution in [0.2, 0.25) is 0 Å². The first-order valence-electron chi connectivity index (χ1n) is 12.1. The Kier molecular flexibility index (Phi) is 8.46. The molecule has 4 nitrogen and oxygen atoms in total. The van der Waals surface area contributed by atoms with Crippen LogP contribution in [0.4, 0.5) is 26.3 Å². The highest BCUT2D eigenvalue weighted by atomic mass is 19.4. The summed E-state index contributed by atoms with van der Waals surface area (Å²) >= 11 is 0. The Labute approximate surface area is 222 Å². The van der Waals surface area contributed by atoms with E-state index in [4.69, 9.17) is 4.74 Å². The van der Waals surface area contributed by atoms with E-state index in [0.717, 1.165) is 18.2 Å². The van der Waals surface area contributed by atoms with Crippen molar-refractivity contribution in [3.63, 3.8) is 0 Å². The normalized spacial score (nSPS) is 15.9. The van der Waals surface area contributed by atoms with Crippen LogP contribution in [0, 0.1) is 5.41 Å². The molecule has 0 spiro atoms. The van der Waals surface area contributed by atoms with Crippen LogP contribution in [-0.2, 0) is 18.8 Å². The second-order valence-corrected chi connectivity index (χ2v) is 9.91. The van der Waals surface area contributed by atoms with Crippen LogP contribution in [-0.4, -0.2) is 33.3 Å². The lowest BCUT2D eigenvalue weighted by atomic mass is 9.63. The molecule has 2 atom stereocenters. The van der Waals surface area contributed by atoms with Gasteiger partial charge in [-0.25, -0.2) is 0 Å². The molecule has 0 radical (unpaired) electrons. The highest BCUT2D eigenvalue weighted by molar-refractivity contribution is 5.65. The van der Waals surface area contributed by atoms with E-state index >= 15 is 13.2 Å². The second-order valence-electron chi connectivity index (χ2n) is 9.91. The van der Waals surface area contributed by atoms with Crippen LogP contribution in [0.5, 0.6) is 5.75 Å². The minimum absolute atomic E-state index is 0.0851. The molecule has 3 rings (SSSR count). The molecule has 2 unspecified atom stereocenters. The molecule has 0 aliphatic rings. The van der Waals surface area contributed by atoms with Crippen molar-refractivity contribution < 1.29 is 46.4 Å². The minimum Gasteiger partial charge on any atom is -0.475 e. The van der Waals surface area contributed by atoms with Gasteiger partial charge in [-0.1, -0.05) is 75.4 Å². The van der Waals surface area contributed by atoms with Crippen molar-refractivity contribution in [2.24, 2.45) is 5.41 Å². The molecule has 0 heterocycles. The maximum atomic E-state index is 16.3. The molecule has 39 heavy (non-hydrogen) atoms. The zero-order chi connectivity index (χ0) is 29.3. The van der Waals surface area contributed by atoms with Gasteiger partial charge in [0, 0.05) is 11.0 Å². The fourth-order valence-corrected chi connectivity index (χ4v) is 4.61. The number of aliphatic hydroxyl groups excluding tert-OH is 2. The van der Waals surface area contributed by atoms with Gasteiger partial charge in [0.1, 0.15) is 5.75 Å². The Morgan fingerprint density at radius 1 is 0.718 bits per heavy atom. The van der Waals surface area contributed by atoms with Gasteiger partial charge in [0.25, 0.3) is 0 Å². The van der Waals surface area contributed by atoms with Gasteiger partial charge in [-0.05, 0) is 46.9 Å². The average Bonchev–Trinajstić information content (AvgIpc) is 2.91. The number of halogens is 6. The largest absolute Gasteiger partial charge is 0.475 e. The van der Waals surface area contributed by atoms with Crippen LogP contribution < -0.4 is 4.74 Å². The smallest absolute Gasteiger partial charge is 0.454 e. The fraction of sp³-hybridized carbons (Fsp3) is 0.379. The van der Waals surface area contributed by atoms with Gasteiger partial charge < -0.3 is 20.1 Å². The summed E-state index contributed by atoms with van der Waals surface area (Å²) in [5.41, 5.74) is -4.90. The highest BCUT2D eigenvalue weighted by Crippen LogP contribution is 2.61. The van der Waals surface area contributed by atoms with Crippen molar-refractivity contribution in [2.75, 3.05) is 0 Å². The van der Waals surface area contributed by atoms with Crippen molar-refractivity contribution in [3.8, 4) is 16.9 Å². The van der Waals surface area contributed by atoms with Crippen LogP contribution in [0.1, 0.15) is 43.9 Å². The molecule has 0 aromatic heterocycles. The predicted molar refractivity (Wildman–Crippen MR) is 134 cm³/mol. The molecule has 0 aliphatic heterocycles. The average molecular weight is 557 g/mol. The zero-order valence-corrected chi connectivity index (χ0v) is 21.6. The third-order valence-electron chi connectivity index (χ3n) is 7.24. The third kappa shape index (κ3) is 5.13. The second kappa shape index (κ2) is 10.8. The van der Waals surface area contributed by atoms with Crippen LogP contribution in [0.15, 0.2) is 72.8 Å². The van der Waals surface area contributed by atoms with E-state index in [1.54, 1.807) is 36.4 Å². The maximum Gasteiger partial charge on any atom is 0.454 e. The summed E-state index contributed by atoms with van der Waals surface area (Å²) in [4.78, 5) is 0. The van der Waals surface area contributed by atoms with Crippen molar-refractivity contribution in [3.05, 3.63) is 89.5 Å². The van der Waals surface area contributed by atoms with E-state index in [1.165, 1.54) is 39.0 Å². The first-order valence-corrected chi connectivity index (χ1v) is 12.1. The molecule has 3 aromatic carbocycles. The van der Waals surface area contributed by atoms with Crippen molar-refractivity contribution >= 4 is 0 Å². The molecule has 212 valence electrons. The molecule has 10 heteroatoms. The molecular weight excluding hydrogens is 526 g/mol. The molecule has 0 saturated heterocycles. The lowest BCUT2D eigenvalue weighted by Gasteiger charge is -2.52. The van der Waals surface area contributed by atoms with Gasteiger partial charge in [-0.15, -0.1) is 0 Å². The Bertz CT molecular complexity index is 1270. The molecular formula is C29H30F6O4. The van der Waals surface area contributed by atoms with E-state index < -0.39 is 47.7 Å². The SMILES string of the molecule is CCC(C)(C)C(Oc1cccc(-c2ccccc2)c1)(c1ccc(CO)c(CO)c1)C(F)(F)C(O)(F)C(F)(F)F. The van der Waals surface area contributed by atoms with E-state index in [1.807, 2.05) is 0 Å². The number of aliphatic hydroxyl groups is 3. The standard InChI is InChI=1S/C29H30F6O4/c1-4-25(2,3)26(27(30,31)28(32,38)29(33,34)35,23-14-13-21(17-36)22(15-23)18-37)39-24-12-8-11-20(16-24)19-9-6-5-7-10-19/h5-16,36-38H,4,17-18H2,1-3H3. The van der Waals surface area contributed by atoms with Gasteiger partial charge in [0.15, 0.2) is 0 Å². The Balaban J connectivity index is 2.41. The number of ether oxygens (including phenoxy) is 1. The Morgan fingerprint density at radius 2 is 1.31 bits per heavy atom. The number of benzene rings is 3. The lowest BCUT2D eigenvalue weighted by Crippen LogP contribution is -2.70. The molecule has 0 fully saturated rings. The predicted octanol–water partition coefficient (Wildman–Crippen LogP) is 6.90. The molecule has 0 aliphatic carbocycles. The van der Waals surface area contributed by atoms with Gasteiger partial charge in [0.2, 0.25) is 5.60 Å². The van der Waals surface area contributed by atoms with Crippen molar-refractivity contribution in [1.82, 2.24) is 0 Å².